The first-order valence-corrected chi connectivity index (χ1v) is 16.9. The van der Waals surface area contributed by atoms with Gasteiger partial charge in [0.15, 0.2) is 0 Å². The number of fused-ring (bicyclic) bond motifs is 1. The summed E-state index contributed by atoms with van der Waals surface area (Å²) in [6.45, 7) is 5.23. The van der Waals surface area contributed by atoms with Crippen molar-refractivity contribution in [2.24, 2.45) is 5.92 Å². The predicted octanol–water partition coefficient (Wildman–Crippen LogP) is 6.31. The van der Waals surface area contributed by atoms with Gasteiger partial charge in [0, 0.05) is 48.0 Å². The average Bonchev–Trinajstić information content (AvgIpc) is 2.98. The molecule has 2 amide bonds. The Morgan fingerprint density at radius 1 is 0.977 bits per heavy atom. The van der Waals surface area contributed by atoms with Crippen LogP contribution in [-0.2, 0) is 14.8 Å². The summed E-state index contributed by atoms with van der Waals surface area (Å²) in [7, 11) is -3.12. The van der Waals surface area contributed by atoms with Gasteiger partial charge in [-0.25, -0.2) is 12.7 Å². The van der Waals surface area contributed by atoms with Crippen molar-refractivity contribution in [3.05, 3.63) is 88.9 Å². The molecule has 2 heterocycles. The summed E-state index contributed by atoms with van der Waals surface area (Å²) in [5, 5.41) is 0.602. The van der Waals surface area contributed by atoms with Gasteiger partial charge in [-0.2, -0.15) is 0 Å². The molecule has 0 radical (unpaired) electrons. The van der Waals surface area contributed by atoms with Crippen molar-refractivity contribution in [2.45, 2.75) is 51.6 Å². The van der Waals surface area contributed by atoms with Crippen LogP contribution in [0.5, 0.6) is 5.75 Å². The number of hydrogen-bond acceptors (Lipinski definition) is 5. The van der Waals surface area contributed by atoms with Crippen LogP contribution in [0, 0.1) is 5.92 Å². The Kier molecular flexibility index (Phi) is 9.44. The molecule has 0 aliphatic carbocycles. The zero-order valence-electron chi connectivity index (χ0n) is 24.8. The monoisotopic (exact) mass is 623 g/mol. The third-order valence-electron chi connectivity index (χ3n) is 8.47. The first-order chi connectivity index (χ1) is 20.5. The fourth-order valence-corrected chi connectivity index (χ4v) is 7.22. The molecule has 0 spiro atoms. The summed E-state index contributed by atoms with van der Waals surface area (Å²) in [5.74, 6) is 0.937. The van der Waals surface area contributed by atoms with Gasteiger partial charge in [0.1, 0.15) is 5.75 Å². The topological polar surface area (TPSA) is 87.2 Å². The van der Waals surface area contributed by atoms with Gasteiger partial charge in [0.2, 0.25) is 15.9 Å². The van der Waals surface area contributed by atoms with Crippen molar-refractivity contribution in [1.29, 1.82) is 0 Å². The fraction of sp³-hybridized carbons (Fsp3) is 0.394. The van der Waals surface area contributed by atoms with Gasteiger partial charge in [-0.3, -0.25) is 9.59 Å². The molecule has 10 heteroatoms. The van der Waals surface area contributed by atoms with Crippen molar-refractivity contribution in [1.82, 2.24) is 4.31 Å². The number of nitrogens with zero attached hydrogens (tertiary/aromatic N) is 3. The summed E-state index contributed by atoms with van der Waals surface area (Å²) in [4.78, 5) is 30.4. The summed E-state index contributed by atoms with van der Waals surface area (Å²) in [6.07, 6.45) is 4.37. The van der Waals surface area contributed by atoms with E-state index in [1.54, 1.807) is 40.4 Å². The maximum atomic E-state index is 13.9. The zero-order valence-corrected chi connectivity index (χ0v) is 26.4. The van der Waals surface area contributed by atoms with Crippen LogP contribution in [0.15, 0.2) is 72.8 Å². The number of anilines is 2. The number of carbonyl (C=O) groups excluding carboxylic acids is 2. The number of ether oxygens (including phenoxy) is 1. The van der Waals surface area contributed by atoms with Crippen LogP contribution in [0.3, 0.4) is 0 Å². The molecule has 2 aliphatic rings. The number of sulfonamides is 1. The van der Waals surface area contributed by atoms with E-state index in [4.69, 9.17) is 16.3 Å². The van der Waals surface area contributed by atoms with Crippen molar-refractivity contribution in [3.8, 4) is 5.75 Å². The first-order valence-electron chi connectivity index (χ1n) is 14.7. The minimum absolute atomic E-state index is 0.0796. The van der Waals surface area contributed by atoms with Crippen LogP contribution in [-0.4, -0.2) is 56.5 Å². The van der Waals surface area contributed by atoms with E-state index in [0.29, 0.717) is 48.4 Å². The molecular formula is C33H38ClN3O5S. The minimum atomic E-state index is -3.12. The number of carbonyl (C=O) groups is 2. The molecule has 8 nitrogen and oxygen atoms in total. The molecule has 0 aromatic heterocycles. The van der Waals surface area contributed by atoms with Crippen molar-refractivity contribution in [3.63, 3.8) is 0 Å². The van der Waals surface area contributed by atoms with E-state index in [9.17, 15) is 18.0 Å². The number of rotatable bonds is 8. The molecule has 0 bridgehead atoms. The minimum Gasteiger partial charge on any atom is -0.494 e. The Morgan fingerprint density at radius 3 is 2.26 bits per heavy atom. The van der Waals surface area contributed by atoms with Crippen LogP contribution in [0.2, 0.25) is 5.02 Å². The number of hydrogen-bond donors (Lipinski definition) is 0. The molecule has 43 heavy (non-hydrogen) atoms. The molecule has 1 saturated heterocycles. The Bertz CT molecular complexity index is 1550. The lowest BCUT2D eigenvalue weighted by Gasteiger charge is -2.43. The van der Waals surface area contributed by atoms with E-state index in [1.165, 1.54) is 6.26 Å². The summed E-state index contributed by atoms with van der Waals surface area (Å²) >= 11 is 6.11. The smallest absolute Gasteiger partial charge is 0.258 e. The maximum Gasteiger partial charge on any atom is 0.258 e. The molecule has 2 aliphatic heterocycles. The molecule has 0 saturated carbocycles. The van der Waals surface area contributed by atoms with Crippen LogP contribution in [0.1, 0.15) is 61.5 Å². The number of amides is 2. The number of para-hydroxylation sites is 1. The van der Waals surface area contributed by atoms with Crippen LogP contribution in [0.4, 0.5) is 11.4 Å². The summed E-state index contributed by atoms with van der Waals surface area (Å²) < 4.78 is 31.0. The average molecular weight is 624 g/mol. The molecule has 228 valence electrons. The Labute approximate surface area is 259 Å². The number of benzene rings is 3. The van der Waals surface area contributed by atoms with Crippen LogP contribution >= 0.6 is 11.6 Å². The van der Waals surface area contributed by atoms with Gasteiger partial charge in [-0.1, -0.05) is 29.8 Å². The van der Waals surface area contributed by atoms with Crippen molar-refractivity contribution in [2.75, 3.05) is 35.8 Å². The Morgan fingerprint density at radius 2 is 1.63 bits per heavy atom. The number of halogens is 1. The molecule has 5 rings (SSSR count). The Balaban J connectivity index is 1.26. The highest BCUT2D eigenvalue weighted by Crippen LogP contribution is 2.43. The molecule has 3 aromatic rings. The lowest BCUT2D eigenvalue weighted by Crippen LogP contribution is -2.47. The lowest BCUT2D eigenvalue weighted by atomic mass is 9.89. The summed E-state index contributed by atoms with van der Waals surface area (Å²) in [5.41, 5.74) is 3.03. The molecule has 3 aromatic carbocycles. The largest absolute Gasteiger partial charge is 0.494 e. The molecule has 2 unspecified atom stereocenters. The van der Waals surface area contributed by atoms with Crippen molar-refractivity contribution >= 4 is 44.8 Å². The first kappa shape index (κ1) is 31.0. The van der Waals surface area contributed by atoms with Gasteiger partial charge < -0.3 is 14.5 Å². The van der Waals surface area contributed by atoms with Gasteiger partial charge in [-0.15, -0.1) is 0 Å². The van der Waals surface area contributed by atoms with Gasteiger partial charge in [0.05, 0.1) is 18.9 Å². The van der Waals surface area contributed by atoms with E-state index in [0.717, 1.165) is 36.2 Å². The molecule has 2 atom stereocenters. The van der Waals surface area contributed by atoms with Gasteiger partial charge >= 0.3 is 0 Å². The maximum absolute atomic E-state index is 13.9. The lowest BCUT2D eigenvalue weighted by molar-refractivity contribution is -0.117. The van der Waals surface area contributed by atoms with E-state index in [-0.39, 0.29) is 23.9 Å². The molecule has 1 fully saturated rings. The fourth-order valence-electron chi connectivity index (χ4n) is 6.22. The van der Waals surface area contributed by atoms with E-state index < -0.39 is 10.0 Å². The normalized spacial score (nSPS) is 19.5. The van der Waals surface area contributed by atoms with Crippen LogP contribution < -0.4 is 14.5 Å². The highest BCUT2D eigenvalue weighted by molar-refractivity contribution is 7.88. The van der Waals surface area contributed by atoms with Crippen molar-refractivity contribution < 1.29 is 22.7 Å². The van der Waals surface area contributed by atoms with E-state index >= 15 is 0 Å². The number of piperidine rings is 1. The highest BCUT2D eigenvalue weighted by atomic mass is 35.5. The second-order valence-electron chi connectivity index (χ2n) is 11.5. The van der Waals surface area contributed by atoms with Gasteiger partial charge in [-0.05, 0) is 98.7 Å². The third-order valence-corrected chi connectivity index (χ3v) is 10.0. The van der Waals surface area contributed by atoms with Gasteiger partial charge in [0.25, 0.3) is 5.91 Å². The highest BCUT2D eigenvalue weighted by Gasteiger charge is 2.38. The quantitative estimate of drug-likeness (QED) is 0.293. The molecule has 0 N–H and O–H groups in total. The molecular weight excluding hydrogens is 586 g/mol. The van der Waals surface area contributed by atoms with E-state index in [2.05, 4.69) is 0 Å². The zero-order chi connectivity index (χ0) is 30.7. The SMILES string of the molecule is CC(=O)N(c1ccc(Cl)cc1)C1CC(C)N(C(=O)c2ccc(OCCC3CCN(S(C)(=O)=O)CC3)cc2)c2ccccc21. The predicted molar refractivity (Wildman–Crippen MR) is 170 cm³/mol. The second-order valence-corrected chi connectivity index (χ2v) is 13.9. The third kappa shape index (κ3) is 7.06. The van der Waals surface area contributed by atoms with Crippen LogP contribution in [0.25, 0.3) is 0 Å². The standard InChI is InChI=1S/C33H38ClN3O5S/c1-23-22-32(37(24(2)38)28-12-10-27(34)11-13-28)30-6-4-5-7-31(30)36(23)33(39)26-8-14-29(15-9-26)42-21-18-25-16-19-35(20-17-25)43(3,40)41/h4-15,23,25,32H,16-22H2,1-3H3. The summed E-state index contributed by atoms with van der Waals surface area (Å²) in [6, 6.07) is 21.8. The van der Waals surface area contributed by atoms with E-state index in [1.807, 2.05) is 60.4 Å². The second kappa shape index (κ2) is 13.1. The Hall–Kier alpha value is -3.40.